The molecule has 4 rings (SSSR count). The zero-order valence-corrected chi connectivity index (χ0v) is 14.6. The molecule has 1 amide bonds. The average Bonchev–Trinajstić information content (AvgIpc) is 3.41. The lowest BCUT2D eigenvalue weighted by molar-refractivity contribution is 0.0951. The molecule has 0 saturated heterocycles. The number of benzene rings is 2. The molecule has 6 nitrogen and oxygen atoms in total. The number of carbonyl (C=O) groups is 1. The van der Waals surface area contributed by atoms with Crippen molar-refractivity contribution in [1.82, 2.24) is 20.1 Å². The summed E-state index contributed by atoms with van der Waals surface area (Å²) in [7, 11) is 0. The summed E-state index contributed by atoms with van der Waals surface area (Å²) in [5.41, 5.74) is 3.68. The van der Waals surface area contributed by atoms with Crippen LogP contribution in [0.3, 0.4) is 0 Å². The first-order valence-electron chi connectivity index (χ1n) is 8.60. The molecule has 0 bridgehead atoms. The normalized spacial score (nSPS) is 10.7. The summed E-state index contributed by atoms with van der Waals surface area (Å²) in [6.45, 7) is 1.17. The van der Waals surface area contributed by atoms with Crippen molar-refractivity contribution >= 4 is 5.91 Å². The fourth-order valence-electron chi connectivity index (χ4n) is 2.85. The van der Waals surface area contributed by atoms with Gasteiger partial charge in [0.15, 0.2) is 12.2 Å². The Morgan fingerprint density at radius 1 is 1.07 bits per heavy atom. The van der Waals surface area contributed by atoms with E-state index in [4.69, 9.17) is 4.42 Å². The SMILES string of the molecule is O=C(NCc1cccc(Cn2cccn2)c1)c1ccc(-c2cnco2)cc1. The summed E-state index contributed by atoms with van der Waals surface area (Å²) in [4.78, 5) is 16.3. The van der Waals surface area contributed by atoms with E-state index in [9.17, 15) is 4.79 Å². The van der Waals surface area contributed by atoms with E-state index in [-0.39, 0.29) is 5.91 Å². The van der Waals surface area contributed by atoms with Gasteiger partial charge in [-0.1, -0.05) is 36.4 Å². The molecule has 0 aliphatic heterocycles. The molecule has 0 aliphatic rings. The van der Waals surface area contributed by atoms with Crippen LogP contribution in [0, 0.1) is 0 Å². The van der Waals surface area contributed by atoms with Gasteiger partial charge in [-0.15, -0.1) is 0 Å². The Balaban J connectivity index is 1.37. The highest BCUT2D eigenvalue weighted by molar-refractivity contribution is 5.94. The minimum atomic E-state index is -0.114. The van der Waals surface area contributed by atoms with Crippen molar-refractivity contribution in [3.8, 4) is 11.3 Å². The summed E-state index contributed by atoms with van der Waals surface area (Å²) in [6, 6.07) is 17.3. The van der Waals surface area contributed by atoms with E-state index in [1.165, 1.54) is 6.39 Å². The van der Waals surface area contributed by atoms with Crippen LogP contribution in [0.15, 0.2) is 84.0 Å². The largest absolute Gasteiger partial charge is 0.444 e. The predicted molar refractivity (Wildman–Crippen MR) is 101 cm³/mol. The summed E-state index contributed by atoms with van der Waals surface area (Å²) < 4.78 is 7.12. The maximum atomic E-state index is 12.4. The van der Waals surface area contributed by atoms with Crippen LogP contribution in [-0.4, -0.2) is 20.7 Å². The number of carbonyl (C=O) groups excluding carboxylic acids is 1. The molecule has 134 valence electrons. The molecule has 2 heterocycles. The molecule has 1 N–H and O–H groups in total. The van der Waals surface area contributed by atoms with Crippen LogP contribution >= 0.6 is 0 Å². The van der Waals surface area contributed by atoms with Crippen molar-refractivity contribution in [2.45, 2.75) is 13.1 Å². The molecule has 4 aromatic rings. The molecule has 27 heavy (non-hydrogen) atoms. The minimum Gasteiger partial charge on any atom is -0.444 e. The van der Waals surface area contributed by atoms with Crippen LogP contribution in [0.25, 0.3) is 11.3 Å². The van der Waals surface area contributed by atoms with Gasteiger partial charge in [0.05, 0.1) is 12.7 Å². The average molecular weight is 358 g/mol. The molecule has 0 spiro atoms. The third-order valence-corrected chi connectivity index (χ3v) is 4.21. The maximum absolute atomic E-state index is 12.4. The van der Waals surface area contributed by atoms with Gasteiger partial charge in [0.25, 0.3) is 5.91 Å². The molecule has 2 aromatic heterocycles. The monoisotopic (exact) mass is 358 g/mol. The zero-order chi connectivity index (χ0) is 18.5. The Kier molecular flexibility index (Phi) is 4.78. The first-order valence-corrected chi connectivity index (χ1v) is 8.60. The van der Waals surface area contributed by atoms with Gasteiger partial charge in [-0.25, -0.2) is 4.98 Å². The molecule has 6 heteroatoms. The van der Waals surface area contributed by atoms with E-state index in [2.05, 4.69) is 27.5 Å². The third-order valence-electron chi connectivity index (χ3n) is 4.21. The van der Waals surface area contributed by atoms with Gasteiger partial charge in [-0.3, -0.25) is 9.48 Å². The molecule has 0 unspecified atom stereocenters. The van der Waals surface area contributed by atoms with E-state index in [0.717, 1.165) is 16.7 Å². The molecular formula is C21H18N4O2. The fourth-order valence-corrected chi connectivity index (χ4v) is 2.85. The number of oxazole rings is 1. The number of hydrogen-bond donors (Lipinski definition) is 1. The van der Waals surface area contributed by atoms with Crippen LogP contribution in [0.5, 0.6) is 0 Å². The van der Waals surface area contributed by atoms with Crippen molar-refractivity contribution in [1.29, 1.82) is 0 Å². The van der Waals surface area contributed by atoms with Crippen LogP contribution in [0.2, 0.25) is 0 Å². The molecule has 0 radical (unpaired) electrons. The highest BCUT2D eigenvalue weighted by atomic mass is 16.3. The second kappa shape index (κ2) is 7.70. The van der Waals surface area contributed by atoms with Gasteiger partial charge < -0.3 is 9.73 Å². The van der Waals surface area contributed by atoms with Crippen LogP contribution in [0.1, 0.15) is 21.5 Å². The fraction of sp³-hybridized carbons (Fsp3) is 0.0952. The Bertz CT molecular complexity index is 1010. The maximum Gasteiger partial charge on any atom is 0.251 e. The summed E-state index contributed by atoms with van der Waals surface area (Å²) in [5, 5.41) is 7.18. The smallest absolute Gasteiger partial charge is 0.251 e. The lowest BCUT2D eigenvalue weighted by atomic mass is 10.1. The number of rotatable bonds is 6. The van der Waals surface area contributed by atoms with Crippen molar-refractivity contribution < 1.29 is 9.21 Å². The number of aromatic nitrogens is 3. The van der Waals surface area contributed by atoms with E-state index in [1.807, 2.05) is 41.2 Å². The topological polar surface area (TPSA) is 73.0 Å². The van der Waals surface area contributed by atoms with Crippen molar-refractivity contribution in [2.75, 3.05) is 0 Å². The zero-order valence-electron chi connectivity index (χ0n) is 14.6. The quantitative estimate of drug-likeness (QED) is 0.572. The number of nitrogens with one attached hydrogen (secondary N) is 1. The first-order chi connectivity index (χ1) is 13.3. The van der Waals surface area contributed by atoms with Crippen LogP contribution in [0.4, 0.5) is 0 Å². The van der Waals surface area contributed by atoms with Gasteiger partial charge in [-0.2, -0.15) is 5.10 Å². The lowest BCUT2D eigenvalue weighted by Gasteiger charge is -2.08. The van der Waals surface area contributed by atoms with Crippen molar-refractivity contribution in [3.63, 3.8) is 0 Å². The van der Waals surface area contributed by atoms with Gasteiger partial charge in [0, 0.05) is 30.1 Å². The molecular weight excluding hydrogens is 340 g/mol. The molecule has 0 aliphatic carbocycles. The molecule has 2 aromatic carbocycles. The highest BCUT2D eigenvalue weighted by Crippen LogP contribution is 2.18. The second-order valence-electron chi connectivity index (χ2n) is 6.15. The third kappa shape index (κ3) is 4.12. The Labute approximate surface area is 156 Å². The molecule has 0 fully saturated rings. The van der Waals surface area contributed by atoms with E-state index < -0.39 is 0 Å². The molecule has 0 saturated carbocycles. The Morgan fingerprint density at radius 3 is 2.67 bits per heavy atom. The summed E-state index contributed by atoms with van der Waals surface area (Å²) in [5.74, 6) is 0.563. The van der Waals surface area contributed by atoms with Gasteiger partial charge in [0.2, 0.25) is 0 Å². The van der Waals surface area contributed by atoms with Gasteiger partial charge in [-0.05, 0) is 29.3 Å². The van der Waals surface area contributed by atoms with E-state index in [0.29, 0.717) is 24.4 Å². The second-order valence-corrected chi connectivity index (χ2v) is 6.15. The van der Waals surface area contributed by atoms with Gasteiger partial charge >= 0.3 is 0 Å². The Hall–Kier alpha value is -3.67. The lowest BCUT2D eigenvalue weighted by Crippen LogP contribution is -2.22. The standard InChI is InChI=1S/C21H18N4O2/c26-21(19-7-5-18(6-8-19)20-13-22-15-27-20)23-12-16-3-1-4-17(11-16)14-25-10-2-9-24-25/h1-11,13,15H,12,14H2,(H,23,26). The summed E-state index contributed by atoms with van der Waals surface area (Å²) in [6.07, 6.45) is 6.72. The predicted octanol–water partition coefficient (Wildman–Crippen LogP) is 3.52. The minimum absolute atomic E-state index is 0.114. The van der Waals surface area contributed by atoms with Gasteiger partial charge in [0.1, 0.15) is 0 Å². The highest BCUT2D eigenvalue weighted by Gasteiger charge is 2.07. The van der Waals surface area contributed by atoms with Crippen molar-refractivity contribution in [2.24, 2.45) is 0 Å². The van der Waals surface area contributed by atoms with E-state index in [1.54, 1.807) is 24.5 Å². The molecule has 0 atom stereocenters. The van der Waals surface area contributed by atoms with Crippen LogP contribution in [-0.2, 0) is 13.1 Å². The van der Waals surface area contributed by atoms with E-state index >= 15 is 0 Å². The van der Waals surface area contributed by atoms with Crippen molar-refractivity contribution in [3.05, 3.63) is 96.3 Å². The first kappa shape index (κ1) is 16.8. The number of nitrogens with zero attached hydrogens (tertiary/aromatic N) is 3. The number of hydrogen-bond acceptors (Lipinski definition) is 4. The van der Waals surface area contributed by atoms with Crippen LogP contribution < -0.4 is 5.32 Å². The Morgan fingerprint density at radius 2 is 1.93 bits per heavy atom. The number of amides is 1. The summed E-state index contributed by atoms with van der Waals surface area (Å²) >= 11 is 0.